The number of pyridine rings is 1. The first-order chi connectivity index (χ1) is 18.5. The zero-order valence-corrected chi connectivity index (χ0v) is 21.4. The molecule has 0 aliphatic heterocycles. The lowest BCUT2D eigenvalue weighted by atomic mass is 9.57. The van der Waals surface area contributed by atoms with Crippen molar-refractivity contribution in [2.45, 2.75) is 44.9 Å². The molecule has 2 aromatic heterocycles. The van der Waals surface area contributed by atoms with Crippen molar-refractivity contribution in [1.82, 2.24) is 15.0 Å². The molecule has 2 aliphatic rings. The number of hydrogen-bond acceptors (Lipinski definition) is 4. The van der Waals surface area contributed by atoms with Crippen LogP contribution in [-0.4, -0.2) is 20.7 Å². The van der Waals surface area contributed by atoms with Crippen LogP contribution in [0.15, 0.2) is 72.7 Å². The number of allylic oxidation sites excluding steroid dienone is 2. The molecular formula is C32H27FN4O. The normalized spacial score (nSPS) is 22.4. The fourth-order valence-corrected chi connectivity index (χ4v) is 6.49. The fraction of sp³-hybridized carbons (Fsp3) is 0.281. The van der Waals surface area contributed by atoms with Gasteiger partial charge in [-0.15, -0.1) is 0 Å². The Balaban J connectivity index is 1.68. The Hall–Kier alpha value is -4.24. The van der Waals surface area contributed by atoms with E-state index in [1.807, 2.05) is 36.4 Å². The maximum atomic E-state index is 15.2. The molecule has 0 bridgehead atoms. The van der Waals surface area contributed by atoms with Gasteiger partial charge in [-0.05, 0) is 42.7 Å². The van der Waals surface area contributed by atoms with E-state index in [0.29, 0.717) is 23.5 Å². The molecule has 0 saturated heterocycles. The first-order valence-corrected chi connectivity index (χ1v) is 13.1. The summed E-state index contributed by atoms with van der Waals surface area (Å²) in [5.41, 5.74) is 2.94. The van der Waals surface area contributed by atoms with Crippen molar-refractivity contribution in [3.8, 4) is 22.6 Å². The third kappa shape index (κ3) is 3.65. The second kappa shape index (κ2) is 9.25. The molecule has 38 heavy (non-hydrogen) atoms. The highest BCUT2D eigenvalue weighted by Gasteiger charge is 2.50. The molecule has 3 atom stereocenters. The molecule has 5 nitrogen and oxygen atoms in total. The van der Waals surface area contributed by atoms with E-state index >= 15 is 4.39 Å². The molecule has 0 saturated carbocycles. The highest BCUT2D eigenvalue weighted by molar-refractivity contribution is 6.00. The molecule has 0 fully saturated rings. The summed E-state index contributed by atoms with van der Waals surface area (Å²) in [6.45, 7) is 11.9. The number of carbonyl (C=O) groups is 1. The van der Waals surface area contributed by atoms with Crippen LogP contribution < -0.4 is 0 Å². The van der Waals surface area contributed by atoms with Crippen LogP contribution >= 0.6 is 0 Å². The third-order valence-electron chi connectivity index (χ3n) is 8.26. The number of nitrogens with zero attached hydrogens (tertiary/aromatic N) is 4. The van der Waals surface area contributed by atoms with E-state index in [0.717, 1.165) is 46.9 Å². The molecular weight excluding hydrogens is 475 g/mol. The molecule has 6 heteroatoms. The fourth-order valence-electron chi connectivity index (χ4n) is 6.49. The lowest BCUT2D eigenvalue weighted by molar-refractivity contribution is -0.122. The highest BCUT2D eigenvalue weighted by Crippen LogP contribution is 2.52. The number of fused-ring (bicyclic) bond motifs is 4. The standard InChI is InChI=1S/C32H27FN4O/c1-4-9-21-25-15-14-23-28(22-12-7-8-13-26(22)33)36-31(24-18-35-17-19-10-5-6-11-20(19)24)37-30(23)32(25,2)16-27(34-3)29(21)38/h5-8,10-13,16-18,21,25H,4,9,14-15H2,1-2H3/t21-,25-,32-/m1/s1. The van der Waals surface area contributed by atoms with Crippen molar-refractivity contribution >= 4 is 16.6 Å². The Morgan fingerprint density at radius 1 is 1.08 bits per heavy atom. The summed E-state index contributed by atoms with van der Waals surface area (Å²) in [4.78, 5) is 31.5. The van der Waals surface area contributed by atoms with E-state index in [2.05, 4.69) is 23.7 Å². The molecule has 2 aliphatic carbocycles. The second-order valence-corrected chi connectivity index (χ2v) is 10.4. The van der Waals surface area contributed by atoms with Crippen LogP contribution in [0.4, 0.5) is 4.39 Å². The molecule has 2 aromatic carbocycles. The minimum atomic E-state index is -0.656. The van der Waals surface area contributed by atoms with E-state index in [1.165, 1.54) is 6.07 Å². The van der Waals surface area contributed by atoms with Crippen LogP contribution in [0.5, 0.6) is 0 Å². The zero-order chi connectivity index (χ0) is 26.4. The molecule has 0 unspecified atom stereocenters. The van der Waals surface area contributed by atoms with Gasteiger partial charge in [0.15, 0.2) is 11.6 Å². The van der Waals surface area contributed by atoms with Crippen molar-refractivity contribution in [2.24, 2.45) is 11.8 Å². The summed E-state index contributed by atoms with van der Waals surface area (Å²) >= 11 is 0. The lowest BCUT2D eigenvalue weighted by Gasteiger charge is -2.47. The number of Topliss-reactive ketones (excluding diaryl/α,β-unsaturated/α-hetero) is 1. The second-order valence-electron chi connectivity index (χ2n) is 10.4. The van der Waals surface area contributed by atoms with Crippen molar-refractivity contribution in [3.05, 3.63) is 101 Å². The monoisotopic (exact) mass is 502 g/mol. The molecule has 4 aromatic rings. The summed E-state index contributed by atoms with van der Waals surface area (Å²) in [5, 5.41) is 1.92. The van der Waals surface area contributed by atoms with Gasteiger partial charge in [-0.3, -0.25) is 4.98 Å². The van der Waals surface area contributed by atoms with Gasteiger partial charge in [-0.1, -0.05) is 62.7 Å². The zero-order valence-electron chi connectivity index (χ0n) is 21.4. The molecule has 0 amide bonds. The average molecular weight is 503 g/mol. The Morgan fingerprint density at radius 3 is 2.66 bits per heavy atom. The molecule has 0 spiro atoms. The van der Waals surface area contributed by atoms with E-state index in [-0.39, 0.29) is 29.1 Å². The molecule has 2 heterocycles. The van der Waals surface area contributed by atoms with E-state index in [4.69, 9.17) is 16.5 Å². The van der Waals surface area contributed by atoms with Gasteiger partial charge in [0.25, 0.3) is 0 Å². The Kier molecular flexibility index (Phi) is 5.87. The number of hydrogen-bond donors (Lipinski definition) is 0. The Bertz CT molecular complexity index is 1660. The van der Waals surface area contributed by atoms with Crippen LogP contribution in [-0.2, 0) is 16.6 Å². The SMILES string of the molecule is [C-]#[N+]C1=C[C@@]2(C)c3nc(-c4cncc5ccccc45)nc(-c4ccccc4F)c3CC[C@@H]2[C@@H](CCC)C1=O. The molecule has 0 N–H and O–H groups in total. The maximum Gasteiger partial charge on any atom is 0.226 e. The van der Waals surface area contributed by atoms with Crippen LogP contribution in [0.25, 0.3) is 38.3 Å². The number of ketones is 1. The minimum Gasteiger partial charge on any atom is -0.308 e. The van der Waals surface area contributed by atoms with Crippen molar-refractivity contribution in [3.63, 3.8) is 0 Å². The largest absolute Gasteiger partial charge is 0.308 e. The van der Waals surface area contributed by atoms with Gasteiger partial charge in [-0.2, -0.15) is 0 Å². The Labute approximate surface area is 221 Å². The summed E-state index contributed by atoms with van der Waals surface area (Å²) in [5.74, 6) is -0.163. The molecule has 0 radical (unpaired) electrons. The summed E-state index contributed by atoms with van der Waals surface area (Å²) in [6.07, 6.45) is 8.36. The van der Waals surface area contributed by atoms with Gasteiger partial charge in [0.2, 0.25) is 5.70 Å². The number of aromatic nitrogens is 3. The summed E-state index contributed by atoms with van der Waals surface area (Å²) in [7, 11) is 0. The van der Waals surface area contributed by atoms with Crippen LogP contribution in [0, 0.1) is 24.2 Å². The van der Waals surface area contributed by atoms with Crippen molar-refractivity contribution < 1.29 is 9.18 Å². The highest BCUT2D eigenvalue weighted by atomic mass is 19.1. The molecule has 6 rings (SSSR count). The van der Waals surface area contributed by atoms with Gasteiger partial charge in [0.1, 0.15) is 5.82 Å². The molecule has 188 valence electrons. The van der Waals surface area contributed by atoms with Gasteiger partial charge >= 0.3 is 0 Å². The predicted octanol–water partition coefficient (Wildman–Crippen LogP) is 7.12. The van der Waals surface area contributed by atoms with Gasteiger partial charge < -0.3 is 4.79 Å². The van der Waals surface area contributed by atoms with Crippen LogP contribution in [0.3, 0.4) is 0 Å². The summed E-state index contributed by atoms with van der Waals surface area (Å²) < 4.78 is 15.2. The number of rotatable bonds is 4. The van der Waals surface area contributed by atoms with Crippen LogP contribution in [0.2, 0.25) is 0 Å². The van der Waals surface area contributed by atoms with Crippen molar-refractivity contribution in [1.29, 1.82) is 0 Å². The topological polar surface area (TPSA) is 60.1 Å². The first-order valence-electron chi connectivity index (χ1n) is 13.1. The van der Waals surface area contributed by atoms with Gasteiger partial charge in [0, 0.05) is 45.8 Å². The summed E-state index contributed by atoms with van der Waals surface area (Å²) in [6, 6.07) is 14.6. The quantitative estimate of drug-likeness (QED) is 0.279. The van der Waals surface area contributed by atoms with E-state index in [1.54, 1.807) is 24.5 Å². The van der Waals surface area contributed by atoms with Crippen molar-refractivity contribution in [2.75, 3.05) is 0 Å². The van der Waals surface area contributed by atoms with E-state index in [9.17, 15) is 4.79 Å². The van der Waals surface area contributed by atoms with Gasteiger partial charge in [0.05, 0.1) is 18.0 Å². The van der Waals surface area contributed by atoms with E-state index < -0.39 is 5.41 Å². The van der Waals surface area contributed by atoms with Gasteiger partial charge in [-0.25, -0.2) is 19.2 Å². The Morgan fingerprint density at radius 2 is 1.87 bits per heavy atom. The maximum absolute atomic E-state index is 15.2. The predicted molar refractivity (Wildman–Crippen MR) is 145 cm³/mol. The van der Waals surface area contributed by atoms with Crippen LogP contribution in [0.1, 0.15) is 44.4 Å². The smallest absolute Gasteiger partial charge is 0.226 e. The first kappa shape index (κ1) is 24.1. The number of benzene rings is 2. The minimum absolute atomic E-state index is 0.00909. The lowest BCUT2D eigenvalue weighted by Crippen LogP contribution is -2.47. The average Bonchev–Trinajstić information content (AvgIpc) is 2.94. The number of halogens is 1. The third-order valence-corrected chi connectivity index (χ3v) is 8.26. The number of carbonyl (C=O) groups excluding carboxylic acids is 1.